The van der Waals surface area contributed by atoms with E-state index in [-0.39, 0.29) is 28.9 Å². The van der Waals surface area contributed by atoms with Gasteiger partial charge in [0.2, 0.25) is 11.7 Å². The molecule has 3 aromatic rings. The van der Waals surface area contributed by atoms with E-state index in [9.17, 15) is 13.2 Å². The minimum absolute atomic E-state index is 0.0162. The first-order valence-corrected chi connectivity index (χ1v) is 7.61. The minimum Gasteiger partial charge on any atom is -0.472 e. The van der Waals surface area contributed by atoms with E-state index in [2.05, 4.69) is 29.6 Å². The molecule has 136 valence electrons. The Morgan fingerprint density at radius 2 is 1.96 bits per heavy atom. The number of hydrogen-bond donors (Lipinski definition) is 0. The summed E-state index contributed by atoms with van der Waals surface area (Å²) in [6.07, 6.45) is -1.81. The lowest BCUT2D eigenvalue weighted by Gasteiger charge is -2.10. The van der Waals surface area contributed by atoms with Crippen LogP contribution in [0.15, 0.2) is 23.0 Å². The Morgan fingerprint density at radius 3 is 2.62 bits per heavy atom. The van der Waals surface area contributed by atoms with Crippen molar-refractivity contribution >= 4 is 11.6 Å². The van der Waals surface area contributed by atoms with Gasteiger partial charge < -0.3 is 9.26 Å². The summed E-state index contributed by atoms with van der Waals surface area (Å²) in [6, 6.07) is 1.36. The summed E-state index contributed by atoms with van der Waals surface area (Å²) in [5, 5.41) is 3.27. The molecule has 3 rings (SSSR count). The van der Waals surface area contributed by atoms with Crippen molar-refractivity contribution < 1.29 is 22.4 Å². The van der Waals surface area contributed by atoms with Gasteiger partial charge in [-0.2, -0.15) is 18.2 Å². The summed E-state index contributed by atoms with van der Waals surface area (Å²) in [6.45, 7) is 3.65. The molecule has 0 fully saturated rings. The molecule has 3 heterocycles. The Balaban J connectivity index is 1.84. The van der Waals surface area contributed by atoms with E-state index in [1.807, 2.05) is 0 Å². The molecule has 0 bridgehead atoms. The van der Waals surface area contributed by atoms with E-state index < -0.39 is 12.1 Å². The normalized spacial score (nSPS) is 11.6. The van der Waals surface area contributed by atoms with Crippen LogP contribution in [0.4, 0.5) is 13.2 Å². The van der Waals surface area contributed by atoms with Crippen molar-refractivity contribution in [3.05, 3.63) is 46.5 Å². The van der Waals surface area contributed by atoms with Crippen molar-refractivity contribution in [1.82, 2.24) is 25.1 Å². The molecular weight excluding hydrogens is 375 g/mol. The smallest absolute Gasteiger partial charge is 0.471 e. The van der Waals surface area contributed by atoms with Crippen LogP contribution < -0.4 is 4.74 Å². The van der Waals surface area contributed by atoms with Gasteiger partial charge in [0.05, 0.1) is 0 Å². The lowest BCUT2D eigenvalue weighted by molar-refractivity contribution is -0.159. The first-order valence-electron chi connectivity index (χ1n) is 7.23. The van der Waals surface area contributed by atoms with E-state index in [4.69, 9.17) is 16.3 Å². The molecule has 0 unspecified atom stereocenters. The third-order valence-electron chi connectivity index (χ3n) is 3.33. The highest BCUT2D eigenvalue weighted by Gasteiger charge is 2.38. The van der Waals surface area contributed by atoms with Crippen LogP contribution in [0.2, 0.25) is 5.02 Å². The van der Waals surface area contributed by atoms with Crippen LogP contribution in [0.3, 0.4) is 0 Å². The number of pyridine rings is 1. The summed E-state index contributed by atoms with van der Waals surface area (Å²) in [5.41, 5.74) is 1.56. The molecule has 0 radical (unpaired) electrons. The zero-order valence-corrected chi connectivity index (χ0v) is 14.3. The maximum absolute atomic E-state index is 12.6. The lowest BCUT2D eigenvalue weighted by Crippen LogP contribution is -2.05. The van der Waals surface area contributed by atoms with Gasteiger partial charge >= 0.3 is 12.1 Å². The van der Waals surface area contributed by atoms with Gasteiger partial charge in [0.15, 0.2) is 0 Å². The molecule has 11 heteroatoms. The number of nitrogens with zero attached hydrogens (tertiary/aromatic N) is 5. The van der Waals surface area contributed by atoms with Crippen molar-refractivity contribution in [3.8, 4) is 17.3 Å². The Kier molecular flexibility index (Phi) is 4.77. The van der Waals surface area contributed by atoms with Gasteiger partial charge in [0.1, 0.15) is 17.5 Å². The Labute approximate surface area is 150 Å². The predicted octanol–water partition coefficient (Wildman–Crippen LogP) is 3.79. The number of rotatable bonds is 4. The maximum Gasteiger partial charge on any atom is 0.471 e. The second kappa shape index (κ2) is 6.87. The van der Waals surface area contributed by atoms with Crippen molar-refractivity contribution in [2.75, 3.05) is 0 Å². The largest absolute Gasteiger partial charge is 0.472 e. The average Bonchev–Trinajstić information content (AvgIpc) is 3.05. The molecule has 0 saturated carbocycles. The van der Waals surface area contributed by atoms with Gasteiger partial charge in [-0.25, -0.2) is 15.0 Å². The van der Waals surface area contributed by atoms with E-state index in [1.165, 1.54) is 12.3 Å². The van der Waals surface area contributed by atoms with Crippen molar-refractivity contribution in [2.45, 2.75) is 26.6 Å². The molecule has 7 nitrogen and oxygen atoms in total. The average molecular weight is 386 g/mol. The molecule has 0 spiro atoms. The van der Waals surface area contributed by atoms with Gasteiger partial charge in [0, 0.05) is 29.2 Å². The van der Waals surface area contributed by atoms with Crippen LogP contribution in [-0.2, 0) is 12.8 Å². The number of aromatic nitrogens is 5. The highest BCUT2D eigenvalue weighted by molar-refractivity contribution is 6.34. The predicted molar refractivity (Wildman–Crippen MR) is 83.4 cm³/mol. The Bertz CT molecular complexity index is 945. The molecule has 3 aromatic heterocycles. The van der Waals surface area contributed by atoms with Gasteiger partial charge in [-0.05, 0) is 19.9 Å². The standard InChI is InChI=1S/C15H11ClF3N5O2/c1-7-9(5-21-8(2)22-7)6-25-13-11(16)10(3-4-20-13)12-23-14(26-24-12)15(17,18)19/h3-5H,6H2,1-2H3. The van der Waals surface area contributed by atoms with Gasteiger partial charge in [0.25, 0.3) is 0 Å². The van der Waals surface area contributed by atoms with Crippen molar-refractivity contribution in [3.63, 3.8) is 0 Å². The fourth-order valence-electron chi connectivity index (χ4n) is 2.04. The highest BCUT2D eigenvalue weighted by Crippen LogP contribution is 2.35. The van der Waals surface area contributed by atoms with E-state index in [1.54, 1.807) is 20.0 Å². The zero-order valence-electron chi connectivity index (χ0n) is 13.5. The highest BCUT2D eigenvalue weighted by atomic mass is 35.5. The van der Waals surface area contributed by atoms with Crippen molar-refractivity contribution in [1.29, 1.82) is 0 Å². The fourth-order valence-corrected chi connectivity index (χ4v) is 2.29. The second-order valence-corrected chi connectivity index (χ2v) is 5.59. The molecule has 26 heavy (non-hydrogen) atoms. The molecule has 0 atom stereocenters. The van der Waals surface area contributed by atoms with E-state index in [0.717, 1.165) is 11.3 Å². The molecular formula is C15H11ClF3N5O2. The second-order valence-electron chi connectivity index (χ2n) is 5.22. The number of alkyl halides is 3. The van der Waals surface area contributed by atoms with Crippen LogP contribution in [0, 0.1) is 13.8 Å². The van der Waals surface area contributed by atoms with Crippen LogP contribution in [-0.4, -0.2) is 25.1 Å². The topological polar surface area (TPSA) is 86.8 Å². The summed E-state index contributed by atoms with van der Waals surface area (Å²) >= 11 is 6.18. The summed E-state index contributed by atoms with van der Waals surface area (Å²) < 4.78 is 47.5. The van der Waals surface area contributed by atoms with Crippen LogP contribution in [0.25, 0.3) is 11.4 Å². The molecule has 0 aliphatic heterocycles. The number of aryl methyl sites for hydroxylation is 2. The third-order valence-corrected chi connectivity index (χ3v) is 3.70. The van der Waals surface area contributed by atoms with Crippen molar-refractivity contribution in [2.24, 2.45) is 0 Å². The molecule has 0 aromatic carbocycles. The molecule has 0 amide bonds. The van der Waals surface area contributed by atoms with Gasteiger partial charge in [-0.15, -0.1) is 0 Å². The zero-order chi connectivity index (χ0) is 18.9. The lowest BCUT2D eigenvalue weighted by atomic mass is 10.2. The SMILES string of the molecule is Cc1ncc(COc2nccc(-c3noc(C(F)(F)F)n3)c2Cl)c(C)n1. The number of hydrogen-bond acceptors (Lipinski definition) is 7. The maximum atomic E-state index is 12.6. The molecule has 0 N–H and O–H groups in total. The van der Waals surface area contributed by atoms with Gasteiger partial charge in [-0.3, -0.25) is 0 Å². The summed E-state index contributed by atoms with van der Waals surface area (Å²) in [5.74, 6) is -1.14. The Hall–Kier alpha value is -2.75. The first-order chi connectivity index (χ1) is 12.3. The monoisotopic (exact) mass is 385 g/mol. The van der Waals surface area contributed by atoms with E-state index >= 15 is 0 Å². The Morgan fingerprint density at radius 1 is 1.19 bits per heavy atom. The number of ether oxygens (including phenoxy) is 1. The molecule has 0 aliphatic rings. The molecule has 0 aliphatic carbocycles. The first kappa shape index (κ1) is 18.1. The van der Waals surface area contributed by atoms with E-state index in [0.29, 0.717) is 5.82 Å². The summed E-state index contributed by atoms with van der Waals surface area (Å²) in [4.78, 5) is 15.6. The van der Waals surface area contributed by atoms with Gasteiger partial charge in [-0.1, -0.05) is 16.8 Å². The third kappa shape index (κ3) is 3.74. The fraction of sp³-hybridized carbons (Fsp3) is 0.267. The van der Waals surface area contributed by atoms with Crippen LogP contribution in [0.1, 0.15) is 23.0 Å². The number of halogens is 4. The van der Waals surface area contributed by atoms with Crippen LogP contribution in [0.5, 0.6) is 5.88 Å². The minimum atomic E-state index is -4.74. The molecule has 0 saturated heterocycles. The quantitative estimate of drug-likeness (QED) is 0.675. The van der Waals surface area contributed by atoms with Crippen LogP contribution >= 0.6 is 11.6 Å². The summed E-state index contributed by atoms with van der Waals surface area (Å²) in [7, 11) is 0.